The first kappa shape index (κ1) is 23.8. The summed E-state index contributed by atoms with van der Waals surface area (Å²) in [5.74, 6) is -0.664. The van der Waals surface area contributed by atoms with E-state index in [1.807, 2.05) is 0 Å². The molecule has 0 aliphatic rings. The van der Waals surface area contributed by atoms with Crippen molar-refractivity contribution >= 4 is 44.8 Å². The van der Waals surface area contributed by atoms with E-state index < -0.39 is 21.7 Å². The fraction of sp³-hybridized carbons (Fsp3) is 0.200. The highest BCUT2D eigenvalue weighted by Gasteiger charge is 2.22. The second-order valence-electron chi connectivity index (χ2n) is 6.88. The lowest BCUT2D eigenvalue weighted by Crippen LogP contribution is -2.27. The van der Waals surface area contributed by atoms with Crippen LogP contribution >= 0.6 is 0 Å². The average molecular weight is 476 g/mol. The molecular formula is C20H22FN7O4S. The van der Waals surface area contributed by atoms with Gasteiger partial charge >= 0.3 is 0 Å². The lowest BCUT2D eigenvalue weighted by atomic mass is 10.2. The predicted molar refractivity (Wildman–Crippen MR) is 122 cm³/mol. The number of amides is 1. The summed E-state index contributed by atoms with van der Waals surface area (Å²) in [6, 6.07) is 7.46. The Morgan fingerprint density at radius 3 is 2.48 bits per heavy atom. The van der Waals surface area contributed by atoms with Crippen LogP contribution in [0.1, 0.15) is 16.1 Å². The van der Waals surface area contributed by atoms with Gasteiger partial charge in [0, 0.05) is 18.9 Å². The SMILES string of the molecule is CONC(=O)c1c(Nc2ccc(C)nc2N(C)S(C)(=O)=O)ccnc1Nc1ccc(F)cn1. The number of carbonyl (C=O) groups excluding carboxylic acids is 1. The summed E-state index contributed by atoms with van der Waals surface area (Å²) in [5, 5.41) is 5.92. The number of aromatic nitrogens is 3. The molecule has 1 amide bonds. The predicted octanol–water partition coefficient (Wildman–Crippen LogP) is 2.49. The molecule has 0 atom stereocenters. The molecule has 0 radical (unpaired) electrons. The lowest BCUT2D eigenvalue weighted by Gasteiger charge is -2.21. The van der Waals surface area contributed by atoms with Crippen LogP contribution in [0.3, 0.4) is 0 Å². The van der Waals surface area contributed by atoms with Crippen LogP contribution in [0.15, 0.2) is 42.7 Å². The molecule has 0 unspecified atom stereocenters. The third kappa shape index (κ3) is 5.70. The smallest absolute Gasteiger partial charge is 0.280 e. The van der Waals surface area contributed by atoms with E-state index in [0.29, 0.717) is 11.4 Å². The Kier molecular flexibility index (Phi) is 7.04. The number of nitrogens with zero attached hydrogens (tertiary/aromatic N) is 4. The van der Waals surface area contributed by atoms with Gasteiger partial charge in [-0.2, -0.15) is 0 Å². The van der Waals surface area contributed by atoms with E-state index in [4.69, 9.17) is 4.84 Å². The molecule has 0 aliphatic carbocycles. The summed E-state index contributed by atoms with van der Waals surface area (Å²) < 4.78 is 38.5. The van der Waals surface area contributed by atoms with Crippen LogP contribution in [-0.2, 0) is 14.9 Å². The Bertz CT molecular complexity index is 1270. The zero-order chi connectivity index (χ0) is 24.2. The second-order valence-corrected chi connectivity index (χ2v) is 8.90. The van der Waals surface area contributed by atoms with Gasteiger partial charge in [0.15, 0.2) is 5.82 Å². The van der Waals surface area contributed by atoms with Crippen molar-refractivity contribution in [3.63, 3.8) is 0 Å². The highest BCUT2D eigenvalue weighted by atomic mass is 32.2. The molecule has 3 rings (SSSR count). The number of rotatable bonds is 8. The molecule has 0 aliphatic heterocycles. The van der Waals surface area contributed by atoms with E-state index >= 15 is 0 Å². The third-order valence-corrected chi connectivity index (χ3v) is 5.59. The molecule has 0 saturated carbocycles. The maximum Gasteiger partial charge on any atom is 0.280 e. The lowest BCUT2D eigenvalue weighted by molar-refractivity contribution is 0.0539. The van der Waals surface area contributed by atoms with Crippen molar-refractivity contribution in [3.8, 4) is 0 Å². The van der Waals surface area contributed by atoms with Gasteiger partial charge in [-0.1, -0.05) is 0 Å². The second kappa shape index (κ2) is 9.75. The standard InChI is InChI=1S/C20H22FN7O4S/c1-12-5-7-15(19(24-12)28(2)33(4,30)31)25-14-9-10-22-18(17(14)20(29)27-32-3)26-16-8-6-13(21)11-23-16/h5-11H,1-4H3,(H,27,29)(H2,22,23,25,26). The molecule has 3 aromatic heterocycles. The first-order valence-electron chi connectivity index (χ1n) is 9.49. The first-order valence-corrected chi connectivity index (χ1v) is 11.3. The van der Waals surface area contributed by atoms with E-state index in [-0.39, 0.29) is 28.7 Å². The van der Waals surface area contributed by atoms with Crippen LogP contribution in [0.4, 0.5) is 33.2 Å². The molecule has 33 heavy (non-hydrogen) atoms. The molecule has 0 saturated heterocycles. The minimum absolute atomic E-state index is 0.0407. The quantitative estimate of drug-likeness (QED) is 0.419. The van der Waals surface area contributed by atoms with Crippen molar-refractivity contribution in [2.24, 2.45) is 0 Å². The van der Waals surface area contributed by atoms with Crippen molar-refractivity contribution in [2.45, 2.75) is 6.92 Å². The molecule has 0 aromatic carbocycles. The molecular weight excluding hydrogens is 453 g/mol. The molecule has 3 heterocycles. The van der Waals surface area contributed by atoms with E-state index in [1.54, 1.807) is 19.1 Å². The number of aryl methyl sites for hydroxylation is 1. The highest BCUT2D eigenvalue weighted by Crippen LogP contribution is 2.32. The fourth-order valence-corrected chi connectivity index (χ4v) is 3.24. The molecule has 0 fully saturated rings. The normalized spacial score (nSPS) is 11.1. The first-order chi connectivity index (χ1) is 15.6. The summed E-state index contributed by atoms with van der Waals surface area (Å²) in [7, 11) is -0.955. The van der Waals surface area contributed by atoms with Gasteiger partial charge in [-0.3, -0.25) is 13.9 Å². The molecule has 0 bridgehead atoms. The highest BCUT2D eigenvalue weighted by molar-refractivity contribution is 7.92. The van der Waals surface area contributed by atoms with E-state index in [2.05, 4.69) is 31.1 Å². The van der Waals surface area contributed by atoms with Crippen LogP contribution < -0.4 is 20.4 Å². The van der Waals surface area contributed by atoms with Gasteiger partial charge < -0.3 is 10.6 Å². The van der Waals surface area contributed by atoms with Crippen LogP contribution in [0.5, 0.6) is 0 Å². The van der Waals surface area contributed by atoms with Crippen molar-refractivity contribution in [1.29, 1.82) is 0 Å². The fourth-order valence-electron chi connectivity index (χ4n) is 2.79. The van der Waals surface area contributed by atoms with Gasteiger partial charge in [0.2, 0.25) is 10.0 Å². The number of nitrogens with one attached hydrogen (secondary N) is 3. The van der Waals surface area contributed by atoms with Gasteiger partial charge in [0.1, 0.15) is 23.0 Å². The zero-order valence-electron chi connectivity index (χ0n) is 18.2. The Hall–Kier alpha value is -3.84. The number of hydroxylamine groups is 1. The van der Waals surface area contributed by atoms with Crippen LogP contribution in [0, 0.1) is 12.7 Å². The molecule has 3 N–H and O–H groups in total. The van der Waals surface area contributed by atoms with E-state index in [1.165, 1.54) is 38.6 Å². The Balaban J connectivity index is 2.08. The topological polar surface area (TPSA) is 138 Å². The largest absolute Gasteiger partial charge is 0.352 e. The van der Waals surface area contributed by atoms with Crippen molar-refractivity contribution in [2.75, 3.05) is 35.4 Å². The summed E-state index contributed by atoms with van der Waals surface area (Å²) >= 11 is 0. The maximum atomic E-state index is 13.2. The minimum atomic E-state index is -3.61. The molecule has 13 heteroatoms. The Labute approximate surface area is 190 Å². The summed E-state index contributed by atoms with van der Waals surface area (Å²) in [4.78, 5) is 30.0. The number of pyridine rings is 3. The molecule has 3 aromatic rings. The maximum absolute atomic E-state index is 13.2. The Morgan fingerprint density at radius 2 is 1.85 bits per heavy atom. The summed E-state index contributed by atoms with van der Waals surface area (Å²) in [6.45, 7) is 1.73. The van der Waals surface area contributed by atoms with Gasteiger partial charge in [-0.15, -0.1) is 0 Å². The number of halogens is 1. The number of sulfonamides is 1. The minimum Gasteiger partial charge on any atom is -0.352 e. The van der Waals surface area contributed by atoms with Gasteiger partial charge in [-0.05, 0) is 37.3 Å². The van der Waals surface area contributed by atoms with Crippen LogP contribution in [-0.4, -0.2) is 49.7 Å². The van der Waals surface area contributed by atoms with E-state index in [0.717, 1.165) is 16.8 Å². The van der Waals surface area contributed by atoms with Gasteiger partial charge in [-0.25, -0.2) is 33.2 Å². The van der Waals surface area contributed by atoms with E-state index in [9.17, 15) is 17.6 Å². The number of anilines is 5. The summed E-state index contributed by atoms with van der Waals surface area (Å²) in [5.41, 5.74) is 3.48. The number of hydrogen-bond acceptors (Lipinski definition) is 9. The van der Waals surface area contributed by atoms with Crippen molar-refractivity contribution in [3.05, 3.63) is 59.8 Å². The number of hydrogen-bond donors (Lipinski definition) is 3. The zero-order valence-corrected chi connectivity index (χ0v) is 19.1. The average Bonchev–Trinajstić information content (AvgIpc) is 2.75. The third-order valence-electron chi connectivity index (χ3n) is 4.43. The van der Waals surface area contributed by atoms with Gasteiger partial charge in [0.05, 0.1) is 30.9 Å². The van der Waals surface area contributed by atoms with Gasteiger partial charge in [0.25, 0.3) is 5.91 Å². The Morgan fingerprint density at radius 1 is 1.09 bits per heavy atom. The molecule has 174 valence electrons. The van der Waals surface area contributed by atoms with Crippen LogP contribution in [0.2, 0.25) is 0 Å². The van der Waals surface area contributed by atoms with Crippen LogP contribution in [0.25, 0.3) is 0 Å². The molecule has 0 spiro atoms. The number of carbonyl (C=O) groups is 1. The van der Waals surface area contributed by atoms with Crippen molar-refractivity contribution < 1.29 is 22.4 Å². The molecule has 11 nitrogen and oxygen atoms in total. The summed E-state index contributed by atoms with van der Waals surface area (Å²) in [6.07, 6.45) is 3.51. The monoisotopic (exact) mass is 475 g/mol. The van der Waals surface area contributed by atoms with Crippen molar-refractivity contribution in [1.82, 2.24) is 20.4 Å².